The number of fused-ring (bicyclic) bond motifs is 1. The first-order valence-corrected chi connectivity index (χ1v) is 16.6. The van der Waals surface area contributed by atoms with Gasteiger partial charge in [-0.25, -0.2) is 4.79 Å². The van der Waals surface area contributed by atoms with Crippen LogP contribution in [0.15, 0.2) is 30.6 Å². The largest absolute Gasteiger partial charge is 0.458 e. The van der Waals surface area contributed by atoms with Crippen molar-refractivity contribution in [2.75, 3.05) is 20.2 Å². The standard InChI is InChI=1S/C33H51BN6O6/c1-9-26-33(7)29(40(31(43)46-33)16-12-15-39-19-25(37-38-39)24-13-10-11-14-35-24)23(5)36-18-20(2)17-32(6,44-8)28(34)21(3)27(41)22(4)30(42)45-26/h10-11,13-14,19-23,26,28-29,36H,9,12,15-18,34H2,1-8H3/t20-,21+,22-,23-,26-,28-,29-,32-,33-/m1/s1. The van der Waals surface area contributed by atoms with Gasteiger partial charge in [0, 0.05) is 38.4 Å². The Morgan fingerprint density at radius 1 is 1.11 bits per heavy atom. The first-order valence-electron chi connectivity index (χ1n) is 16.6. The second-order valence-corrected chi connectivity index (χ2v) is 13.7. The Morgan fingerprint density at radius 3 is 2.50 bits per heavy atom. The molecular formula is C33H51BN6O6. The topological polar surface area (TPSA) is 138 Å². The molecule has 0 aliphatic carbocycles. The Kier molecular flexibility index (Phi) is 11.3. The number of hydrogen-bond acceptors (Lipinski definition) is 10. The number of aryl methyl sites for hydroxylation is 1. The number of methoxy groups -OCH3 is 1. The van der Waals surface area contributed by atoms with Gasteiger partial charge in [0.2, 0.25) is 0 Å². The van der Waals surface area contributed by atoms with Crippen LogP contribution in [0.1, 0.15) is 67.7 Å². The second-order valence-electron chi connectivity index (χ2n) is 13.7. The number of carbonyl (C=O) groups excluding carboxylic acids is 3. The first kappa shape index (κ1) is 35.5. The quantitative estimate of drug-likeness (QED) is 0.273. The molecule has 9 atom stereocenters. The van der Waals surface area contributed by atoms with Crippen LogP contribution in [0.3, 0.4) is 0 Å². The van der Waals surface area contributed by atoms with Gasteiger partial charge in [-0.15, -0.1) is 5.10 Å². The summed E-state index contributed by atoms with van der Waals surface area (Å²) in [4.78, 5) is 46.7. The summed E-state index contributed by atoms with van der Waals surface area (Å²) in [5.41, 5.74) is -0.321. The first-order chi connectivity index (χ1) is 21.8. The van der Waals surface area contributed by atoms with Crippen molar-refractivity contribution < 1.29 is 28.6 Å². The van der Waals surface area contributed by atoms with Crippen LogP contribution >= 0.6 is 0 Å². The van der Waals surface area contributed by atoms with Crippen molar-refractivity contribution in [2.24, 2.45) is 17.8 Å². The minimum Gasteiger partial charge on any atom is -0.458 e. The highest BCUT2D eigenvalue weighted by molar-refractivity contribution is 6.15. The fourth-order valence-electron chi connectivity index (χ4n) is 7.28. The molecule has 0 unspecified atom stereocenters. The molecule has 0 saturated carbocycles. The Bertz CT molecular complexity index is 1360. The van der Waals surface area contributed by atoms with E-state index in [0.717, 1.165) is 5.69 Å². The van der Waals surface area contributed by atoms with Gasteiger partial charge >= 0.3 is 12.1 Å². The third kappa shape index (κ3) is 7.30. The molecule has 4 rings (SSSR count). The fourth-order valence-corrected chi connectivity index (χ4v) is 7.28. The Labute approximate surface area is 273 Å². The number of nitrogens with zero attached hydrogens (tertiary/aromatic N) is 5. The third-order valence-electron chi connectivity index (χ3n) is 10.4. The van der Waals surface area contributed by atoms with E-state index in [-0.39, 0.29) is 23.6 Å². The summed E-state index contributed by atoms with van der Waals surface area (Å²) in [7, 11) is 3.69. The molecule has 0 aromatic carbocycles. The molecule has 1 amide bonds. The number of ether oxygens (including phenoxy) is 3. The smallest absolute Gasteiger partial charge is 0.410 e. The molecular weight excluding hydrogens is 587 g/mol. The molecule has 2 aromatic rings. The van der Waals surface area contributed by atoms with Crippen molar-refractivity contribution in [1.29, 1.82) is 0 Å². The van der Waals surface area contributed by atoms with Crippen molar-refractivity contribution in [3.05, 3.63) is 30.6 Å². The van der Waals surface area contributed by atoms with Gasteiger partial charge < -0.3 is 19.5 Å². The van der Waals surface area contributed by atoms with Gasteiger partial charge in [0.15, 0.2) is 5.60 Å². The number of ketones is 1. The lowest BCUT2D eigenvalue weighted by Gasteiger charge is -2.41. The van der Waals surface area contributed by atoms with Gasteiger partial charge in [0.1, 0.15) is 31.3 Å². The lowest BCUT2D eigenvalue weighted by Crippen LogP contribution is -2.61. The van der Waals surface area contributed by atoms with E-state index >= 15 is 0 Å². The van der Waals surface area contributed by atoms with Crippen molar-refractivity contribution in [2.45, 2.75) is 109 Å². The van der Waals surface area contributed by atoms with Gasteiger partial charge in [-0.05, 0) is 77.4 Å². The van der Waals surface area contributed by atoms with Gasteiger partial charge in [-0.3, -0.25) is 24.2 Å². The average Bonchev–Trinajstić information content (AvgIpc) is 3.62. The second kappa shape index (κ2) is 14.6. The summed E-state index contributed by atoms with van der Waals surface area (Å²) in [6.07, 6.45) is 4.05. The van der Waals surface area contributed by atoms with E-state index in [9.17, 15) is 14.4 Å². The molecule has 2 aliphatic rings. The van der Waals surface area contributed by atoms with Crippen molar-refractivity contribution in [1.82, 2.24) is 30.2 Å². The minimum atomic E-state index is -1.15. The Hall–Kier alpha value is -3.32. The molecule has 12 nitrogen and oxygen atoms in total. The predicted octanol–water partition coefficient (Wildman–Crippen LogP) is 3.32. The molecule has 0 bridgehead atoms. The lowest BCUT2D eigenvalue weighted by molar-refractivity contribution is -0.170. The van der Waals surface area contributed by atoms with Crippen molar-refractivity contribution in [3.8, 4) is 11.4 Å². The predicted molar refractivity (Wildman–Crippen MR) is 176 cm³/mol. The van der Waals surface area contributed by atoms with E-state index in [2.05, 4.69) is 27.5 Å². The minimum absolute atomic E-state index is 0.134. The highest BCUT2D eigenvalue weighted by atomic mass is 16.6. The summed E-state index contributed by atoms with van der Waals surface area (Å²) in [6.45, 7) is 15.0. The number of carbonyl (C=O) groups is 3. The zero-order valence-corrected chi connectivity index (χ0v) is 28.9. The van der Waals surface area contributed by atoms with Gasteiger partial charge in [0.25, 0.3) is 0 Å². The number of nitrogens with one attached hydrogen (secondary N) is 1. The lowest BCUT2D eigenvalue weighted by atomic mass is 9.62. The normalized spacial score (nSPS) is 34.7. The van der Waals surface area contributed by atoms with E-state index in [1.165, 1.54) is 0 Å². The van der Waals surface area contributed by atoms with Gasteiger partial charge in [0.05, 0.1) is 23.5 Å². The summed E-state index contributed by atoms with van der Waals surface area (Å²) in [5, 5.41) is 12.2. The SMILES string of the molecule is B[C@@H]1[C@@H](C)C(=O)[C@@H](C)C(=O)O[C@H](CC)[C@@]2(C)OC(=O)N(CCCn3cc(-c4ccccn4)nn3)[C@@H]2[C@@H](C)NC[C@H](C)C[C@@]1(C)OC. The summed E-state index contributed by atoms with van der Waals surface area (Å²) < 4.78 is 20.0. The summed E-state index contributed by atoms with van der Waals surface area (Å²) in [5.74, 6) is -2.13. The molecule has 252 valence electrons. The molecule has 0 spiro atoms. The highest BCUT2D eigenvalue weighted by Crippen LogP contribution is 2.40. The maximum Gasteiger partial charge on any atom is 0.410 e. The molecule has 1 N–H and O–H groups in total. The van der Waals surface area contributed by atoms with Gasteiger partial charge in [-0.1, -0.05) is 32.1 Å². The van der Waals surface area contributed by atoms with Crippen LogP contribution in [0.5, 0.6) is 0 Å². The Balaban J connectivity index is 1.59. The molecule has 13 heteroatoms. The molecule has 4 heterocycles. The maximum absolute atomic E-state index is 13.6. The zero-order chi connectivity index (χ0) is 33.8. The zero-order valence-electron chi connectivity index (χ0n) is 28.9. The number of rotatable bonds is 7. The van der Waals surface area contributed by atoms with Crippen LogP contribution in [0.25, 0.3) is 11.4 Å². The maximum atomic E-state index is 13.6. The summed E-state index contributed by atoms with van der Waals surface area (Å²) in [6, 6.07) is 4.97. The number of esters is 1. The van der Waals surface area contributed by atoms with E-state index in [1.54, 1.807) is 29.8 Å². The van der Waals surface area contributed by atoms with E-state index < -0.39 is 47.2 Å². The number of pyridine rings is 1. The van der Waals surface area contributed by atoms with Crippen molar-refractivity contribution in [3.63, 3.8) is 0 Å². The van der Waals surface area contributed by atoms with Crippen molar-refractivity contribution >= 4 is 25.7 Å². The molecule has 2 saturated heterocycles. The molecule has 2 fully saturated rings. The average molecular weight is 639 g/mol. The van der Waals surface area contributed by atoms with Crippen LogP contribution in [0, 0.1) is 17.8 Å². The van der Waals surface area contributed by atoms with Crippen LogP contribution in [0.4, 0.5) is 4.79 Å². The van der Waals surface area contributed by atoms with Crippen LogP contribution < -0.4 is 5.32 Å². The third-order valence-corrected chi connectivity index (χ3v) is 10.4. The number of hydrogen-bond donors (Lipinski definition) is 1. The Morgan fingerprint density at radius 2 is 1.85 bits per heavy atom. The van der Waals surface area contributed by atoms with E-state index in [4.69, 9.17) is 14.2 Å². The summed E-state index contributed by atoms with van der Waals surface area (Å²) >= 11 is 0. The number of aromatic nitrogens is 4. The number of amides is 1. The fraction of sp³-hybridized carbons (Fsp3) is 0.697. The number of Topliss-reactive ketones (excluding diaryl/α,β-unsaturated/α-hetero) is 1. The van der Waals surface area contributed by atoms with E-state index in [1.807, 2.05) is 66.9 Å². The van der Waals surface area contributed by atoms with Crippen LogP contribution in [-0.2, 0) is 30.3 Å². The van der Waals surface area contributed by atoms with E-state index in [0.29, 0.717) is 44.6 Å². The molecule has 2 aliphatic heterocycles. The molecule has 0 radical (unpaired) electrons. The van der Waals surface area contributed by atoms with Gasteiger partial charge in [-0.2, -0.15) is 0 Å². The number of cyclic esters (lactones) is 1. The monoisotopic (exact) mass is 638 g/mol. The van der Waals surface area contributed by atoms with Crippen LogP contribution in [-0.4, -0.2) is 100 Å². The highest BCUT2D eigenvalue weighted by Gasteiger charge is 2.58. The molecule has 46 heavy (non-hydrogen) atoms. The molecule has 2 aromatic heterocycles. The van der Waals surface area contributed by atoms with Crippen LogP contribution in [0.2, 0.25) is 5.82 Å².